The molecule has 1 fully saturated rings. The molecule has 3 heteroatoms. The summed E-state index contributed by atoms with van der Waals surface area (Å²) in [6.07, 6.45) is 1.25. The lowest BCUT2D eigenvalue weighted by Crippen LogP contribution is -2.49. The predicted octanol–water partition coefficient (Wildman–Crippen LogP) is 3.93. The summed E-state index contributed by atoms with van der Waals surface area (Å²) >= 11 is 0. The van der Waals surface area contributed by atoms with Gasteiger partial charge in [0.2, 0.25) is 6.41 Å². The van der Waals surface area contributed by atoms with Crippen LogP contribution < -0.4 is 0 Å². The molecule has 2 aromatic carbocycles. The van der Waals surface area contributed by atoms with Gasteiger partial charge in [0, 0.05) is 11.8 Å². The van der Waals surface area contributed by atoms with Gasteiger partial charge in [-0.1, -0.05) is 74.5 Å². The van der Waals surface area contributed by atoms with E-state index < -0.39 is 5.41 Å². The second-order valence-electron chi connectivity index (χ2n) is 6.64. The van der Waals surface area contributed by atoms with Crippen LogP contribution in [0.2, 0.25) is 0 Å². The monoisotopic (exact) mass is 307 g/mol. The lowest BCUT2D eigenvalue weighted by Gasteiger charge is -2.48. The fourth-order valence-corrected chi connectivity index (χ4v) is 3.57. The Labute approximate surface area is 136 Å². The first-order valence-corrected chi connectivity index (χ1v) is 7.91. The number of Topliss-reactive ketones (excluding diaryl/α,β-unsaturated/α-hetero) is 1. The molecule has 1 heterocycles. The molecule has 0 unspecified atom stereocenters. The van der Waals surface area contributed by atoms with Crippen molar-refractivity contribution in [2.75, 3.05) is 0 Å². The topological polar surface area (TPSA) is 37.4 Å². The van der Waals surface area contributed by atoms with Crippen molar-refractivity contribution < 1.29 is 9.59 Å². The van der Waals surface area contributed by atoms with Crippen molar-refractivity contribution >= 4 is 12.2 Å². The summed E-state index contributed by atoms with van der Waals surface area (Å²) in [5.74, 6) is 0.193. The molecule has 118 valence electrons. The maximum atomic E-state index is 12.8. The van der Waals surface area contributed by atoms with E-state index in [0.29, 0.717) is 6.42 Å². The highest BCUT2D eigenvalue weighted by Gasteiger charge is 2.48. The third kappa shape index (κ3) is 2.67. The Morgan fingerprint density at radius 1 is 0.957 bits per heavy atom. The van der Waals surface area contributed by atoms with Crippen molar-refractivity contribution in [3.63, 3.8) is 0 Å². The minimum Gasteiger partial charge on any atom is -0.330 e. The number of nitrogens with zero attached hydrogens (tertiary/aromatic N) is 1. The fourth-order valence-electron chi connectivity index (χ4n) is 3.57. The van der Waals surface area contributed by atoms with Gasteiger partial charge in [-0.3, -0.25) is 9.59 Å². The number of ketones is 1. The van der Waals surface area contributed by atoms with Gasteiger partial charge in [-0.05, 0) is 11.1 Å². The first kappa shape index (κ1) is 15.5. The van der Waals surface area contributed by atoms with Crippen LogP contribution in [0.15, 0.2) is 60.7 Å². The molecule has 1 saturated heterocycles. The van der Waals surface area contributed by atoms with E-state index in [1.165, 1.54) is 0 Å². The molecule has 2 atom stereocenters. The minimum atomic E-state index is -0.604. The third-order valence-corrected chi connectivity index (χ3v) is 4.86. The van der Waals surface area contributed by atoms with Gasteiger partial charge in [0.05, 0.1) is 12.1 Å². The van der Waals surface area contributed by atoms with Crippen molar-refractivity contribution in [3.8, 4) is 0 Å². The van der Waals surface area contributed by atoms with Gasteiger partial charge in [-0.25, -0.2) is 0 Å². The van der Waals surface area contributed by atoms with Crippen molar-refractivity contribution in [3.05, 3.63) is 71.8 Å². The Kier molecular flexibility index (Phi) is 4.03. The maximum absolute atomic E-state index is 12.8. The summed E-state index contributed by atoms with van der Waals surface area (Å²) in [5.41, 5.74) is 1.40. The zero-order chi connectivity index (χ0) is 16.4. The highest BCUT2D eigenvalue weighted by atomic mass is 16.1. The normalized spacial score (nSPS) is 23.6. The summed E-state index contributed by atoms with van der Waals surface area (Å²) in [4.78, 5) is 26.6. The molecule has 0 saturated carbocycles. The molecular formula is C20H21NO2. The number of piperidine rings is 1. The standard InChI is InChI=1S/C20H21NO2/c1-20(2)18(23)13-17(15-9-5-3-6-10-15)21(14-22)19(20)16-11-7-4-8-12-16/h3-12,14,17,19H,13H2,1-2H3/t17-,19-/m1/s1. The van der Waals surface area contributed by atoms with Crippen LogP contribution in [0.25, 0.3) is 0 Å². The Hall–Kier alpha value is -2.42. The molecule has 0 radical (unpaired) electrons. The molecule has 1 aliphatic rings. The van der Waals surface area contributed by atoms with Gasteiger partial charge in [-0.2, -0.15) is 0 Å². The van der Waals surface area contributed by atoms with Crippen molar-refractivity contribution in [2.24, 2.45) is 5.41 Å². The summed E-state index contributed by atoms with van der Waals surface area (Å²) in [6, 6.07) is 19.2. The number of carbonyl (C=O) groups is 2. The number of rotatable bonds is 3. The van der Waals surface area contributed by atoms with E-state index in [0.717, 1.165) is 17.5 Å². The first-order valence-electron chi connectivity index (χ1n) is 7.91. The molecule has 0 spiro atoms. The van der Waals surface area contributed by atoms with Crippen LogP contribution in [-0.2, 0) is 9.59 Å². The second-order valence-corrected chi connectivity index (χ2v) is 6.64. The average Bonchev–Trinajstić information content (AvgIpc) is 2.58. The SMILES string of the molecule is CC1(C)C(=O)C[C@H](c2ccccc2)N(C=O)[C@@H]1c1ccccc1. The van der Waals surface area contributed by atoms with Crippen molar-refractivity contribution in [1.82, 2.24) is 4.90 Å². The van der Waals surface area contributed by atoms with E-state index in [1.807, 2.05) is 79.4 Å². The van der Waals surface area contributed by atoms with Gasteiger partial charge >= 0.3 is 0 Å². The number of benzene rings is 2. The van der Waals surface area contributed by atoms with Gasteiger partial charge in [-0.15, -0.1) is 0 Å². The van der Waals surface area contributed by atoms with E-state index >= 15 is 0 Å². The smallest absolute Gasteiger partial charge is 0.210 e. The highest BCUT2D eigenvalue weighted by molar-refractivity contribution is 5.87. The van der Waals surface area contributed by atoms with Gasteiger partial charge < -0.3 is 4.90 Å². The number of amides is 1. The molecule has 23 heavy (non-hydrogen) atoms. The van der Waals surface area contributed by atoms with E-state index in [-0.39, 0.29) is 17.9 Å². The number of hydrogen-bond acceptors (Lipinski definition) is 2. The summed E-state index contributed by atoms with van der Waals surface area (Å²) < 4.78 is 0. The van der Waals surface area contributed by atoms with Crippen LogP contribution in [-0.4, -0.2) is 17.1 Å². The fraction of sp³-hybridized carbons (Fsp3) is 0.300. The van der Waals surface area contributed by atoms with Gasteiger partial charge in [0.25, 0.3) is 0 Å². The van der Waals surface area contributed by atoms with E-state index in [2.05, 4.69) is 0 Å². The van der Waals surface area contributed by atoms with Crippen LogP contribution in [0.1, 0.15) is 43.5 Å². The predicted molar refractivity (Wildman–Crippen MR) is 89.7 cm³/mol. The molecule has 2 aromatic rings. The van der Waals surface area contributed by atoms with Crippen LogP contribution in [0, 0.1) is 5.41 Å². The molecule has 0 aromatic heterocycles. The average molecular weight is 307 g/mol. The lowest BCUT2D eigenvalue weighted by molar-refractivity contribution is -0.146. The Morgan fingerprint density at radius 2 is 1.48 bits per heavy atom. The van der Waals surface area contributed by atoms with Crippen molar-refractivity contribution in [1.29, 1.82) is 0 Å². The largest absolute Gasteiger partial charge is 0.330 e. The van der Waals surface area contributed by atoms with E-state index in [9.17, 15) is 9.59 Å². The van der Waals surface area contributed by atoms with Crippen LogP contribution in [0.3, 0.4) is 0 Å². The second kappa shape index (κ2) is 5.99. The number of likely N-dealkylation sites (tertiary alicyclic amines) is 1. The number of hydrogen-bond donors (Lipinski definition) is 0. The van der Waals surface area contributed by atoms with Crippen LogP contribution >= 0.6 is 0 Å². The summed E-state index contributed by atoms with van der Waals surface area (Å²) in [6.45, 7) is 3.87. The van der Waals surface area contributed by atoms with E-state index in [4.69, 9.17) is 0 Å². The molecule has 0 N–H and O–H groups in total. The van der Waals surface area contributed by atoms with Crippen LogP contribution in [0.5, 0.6) is 0 Å². The quantitative estimate of drug-likeness (QED) is 0.806. The van der Waals surface area contributed by atoms with Crippen LogP contribution in [0.4, 0.5) is 0 Å². The molecule has 3 nitrogen and oxygen atoms in total. The van der Waals surface area contributed by atoms with E-state index in [1.54, 1.807) is 0 Å². The lowest BCUT2D eigenvalue weighted by atomic mass is 9.70. The Morgan fingerprint density at radius 3 is 2.00 bits per heavy atom. The first-order chi connectivity index (χ1) is 11.1. The molecule has 3 rings (SSSR count). The number of carbonyl (C=O) groups excluding carboxylic acids is 2. The summed E-state index contributed by atoms with van der Waals surface area (Å²) in [5, 5.41) is 0. The van der Waals surface area contributed by atoms with Gasteiger partial charge in [0.1, 0.15) is 5.78 Å². The molecular weight excluding hydrogens is 286 g/mol. The molecule has 1 aliphatic heterocycles. The third-order valence-electron chi connectivity index (χ3n) is 4.86. The molecule has 0 bridgehead atoms. The zero-order valence-corrected chi connectivity index (χ0v) is 13.5. The minimum absolute atomic E-state index is 0.193. The molecule has 0 aliphatic carbocycles. The molecule has 1 amide bonds. The Balaban J connectivity index is 2.10. The summed E-state index contributed by atoms with van der Waals surface area (Å²) in [7, 11) is 0. The zero-order valence-electron chi connectivity index (χ0n) is 13.5. The van der Waals surface area contributed by atoms with Gasteiger partial charge in [0.15, 0.2) is 0 Å². The Bertz CT molecular complexity index is 694. The maximum Gasteiger partial charge on any atom is 0.210 e. The van der Waals surface area contributed by atoms with Crippen molar-refractivity contribution in [2.45, 2.75) is 32.4 Å². The highest BCUT2D eigenvalue weighted by Crippen LogP contribution is 2.48.